The summed E-state index contributed by atoms with van der Waals surface area (Å²) in [6, 6.07) is 0.916. The number of ether oxygens (including phenoxy) is 1. The van der Waals surface area contributed by atoms with E-state index in [2.05, 4.69) is 50.6 Å². The second-order valence-electron chi connectivity index (χ2n) is 7.37. The van der Waals surface area contributed by atoms with E-state index in [0.29, 0.717) is 0 Å². The molecule has 2 nitrogen and oxygen atoms in total. The maximum Gasteiger partial charge on any atom is 0.324 e. The van der Waals surface area contributed by atoms with Gasteiger partial charge in [0.05, 0.1) is 15.2 Å². The Hall–Kier alpha value is -1.01. The molecule has 0 aromatic heterocycles. The Morgan fingerprint density at radius 3 is 2.55 bits per heavy atom. The average Bonchev–Trinajstić information content (AvgIpc) is 2.36. The third kappa shape index (κ3) is 3.76. The summed E-state index contributed by atoms with van der Waals surface area (Å²) in [6.45, 7) is 10.9. The van der Waals surface area contributed by atoms with Gasteiger partial charge in [-0.05, 0) is 26.2 Å². The Labute approximate surface area is 125 Å². The second kappa shape index (κ2) is 6.18. The van der Waals surface area contributed by atoms with Crippen LogP contribution in [-0.2, 0) is 9.53 Å². The Kier molecular flexibility index (Phi) is 5.26. The van der Waals surface area contributed by atoms with Crippen molar-refractivity contribution in [3.05, 3.63) is 12.2 Å². The fourth-order valence-electron chi connectivity index (χ4n) is 2.55. The molecular formula is C17H28O2Si. The fraction of sp³-hybridized carbons (Fsp3) is 0.706. The van der Waals surface area contributed by atoms with Crippen molar-refractivity contribution in [3.8, 4) is 11.8 Å². The summed E-state index contributed by atoms with van der Waals surface area (Å²) < 4.78 is 5.05. The molecule has 0 unspecified atom stereocenters. The van der Waals surface area contributed by atoms with Gasteiger partial charge in [-0.3, -0.25) is 4.79 Å². The quantitative estimate of drug-likeness (QED) is 0.336. The molecule has 0 fully saturated rings. The lowest BCUT2D eigenvalue weighted by atomic mass is 9.61. The smallest absolute Gasteiger partial charge is 0.324 e. The summed E-state index contributed by atoms with van der Waals surface area (Å²) in [7, 11) is 0.236. The number of methoxy groups -OCH3 is 1. The van der Waals surface area contributed by atoms with E-state index in [4.69, 9.17) is 4.74 Å². The van der Waals surface area contributed by atoms with Crippen molar-refractivity contribution < 1.29 is 9.53 Å². The van der Waals surface area contributed by atoms with Crippen molar-refractivity contribution >= 4 is 14.0 Å². The van der Waals surface area contributed by atoms with Gasteiger partial charge in [0.25, 0.3) is 0 Å². The number of hydrogen-bond acceptors (Lipinski definition) is 2. The zero-order valence-electron chi connectivity index (χ0n) is 13.8. The van der Waals surface area contributed by atoms with E-state index in [1.54, 1.807) is 0 Å². The highest BCUT2D eigenvalue weighted by Gasteiger charge is 2.49. The van der Waals surface area contributed by atoms with Gasteiger partial charge in [0.1, 0.15) is 5.41 Å². The average molecular weight is 292 g/mol. The molecule has 0 aromatic carbocycles. The van der Waals surface area contributed by atoms with Gasteiger partial charge in [-0.1, -0.05) is 44.6 Å². The van der Waals surface area contributed by atoms with Crippen LogP contribution in [0, 0.1) is 22.7 Å². The van der Waals surface area contributed by atoms with Gasteiger partial charge in [-0.2, -0.15) is 0 Å². The van der Waals surface area contributed by atoms with Gasteiger partial charge >= 0.3 is 5.97 Å². The van der Waals surface area contributed by atoms with Crippen LogP contribution in [0.15, 0.2) is 12.2 Å². The number of carbonyl (C=O) groups excluding carboxylic acids is 1. The molecule has 0 spiro atoms. The fourth-order valence-corrected chi connectivity index (χ4v) is 3.17. The Morgan fingerprint density at radius 2 is 2.10 bits per heavy atom. The van der Waals surface area contributed by atoms with Crippen molar-refractivity contribution in [3.63, 3.8) is 0 Å². The second-order valence-corrected chi connectivity index (χ2v) is 12.8. The van der Waals surface area contributed by atoms with Crippen LogP contribution in [0.1, 0.15) is 33.1 Å². The van der Waals surface area contributed by atoms with Gasteiger partial charge < -0.3 is 4.74 Å². The van der Waals surface area contributed by atoms with Crippen LogP contribution in [0.2, 0.25) is 25.7 Å². The minimum absolute atomic E-state index is 0.213. The van der Waals surface area contributed by atoms with Crippen LogP contribution in [0.4, 0.5) is 0 Å². The van der Waals surface area contributed by atoms with Gasteiger partial charge in [-0.15, -0.1) is 5.92 Å². The number of rotatable bonds is 3. The van der Waals surface area contributed by atoms with E-state index in [-0.39, 0.29) is 11.4 Å². The summed E-state index contributed by atoms with van der Waals surface area (Å²) in [5.41, 5.74) is -0.983. The third-order valence-corrected chi connectivity index (χ3v) is 5.48. The van der Waals surface area contributed by atoms with Crippen molar-refractivity contribution in [1.29, 1.82) is 0 Å². The topological polar surface area (TPSA) is 26.3 Å². The van der Waals surface area contributed by atoms with Crippen molar-refractivity contribution in [2.24, 2.45) is 10.8 Å². The largest absolute Gasteiger partial charge is 0.468 e. The van der Waals surface area contributed by atoms with Crippen LogP contribution in [0.3, 0.4) is 0 Å². The normalized spacial score (nSPS) is 25.3. The predicted octanol–water partition coefficient (Wildman–Crippen LogP) is 4.25. The molecule has 0 amide bonds. The van der Waals surface area contributed by atoms with Gasteiger partial charge in [-0.25, -0.2) is 0 Å². The van der Waals surface area contributed by atoms with Crippen LogP contribution in [-0.4, -0.2) is 21.2 Å². The molecule has 0 saturated carbocycles. The number of allylic oxidation sites excluding steroid dienone is 2. The summed E-state index contributed by atoms with van der Waals surface area (Å²) >= 11 is 0. The van der Waals surface area contributed by atoms with E-state index in [0.717, 1.165) is 25.3 Å². The first kappa shape index (κ1) is 17.0. The Morgan fingerprint density at radius 1 is 1.45 bits per heavy atom. The maximum atomic E-state index is 12.3. The van der Waals surface area contributed by atoms with Crippen LogP contribution in [0.5, 0.6) is 0 Å². The van der Waals surface area contributed by atoms with Crippen molar-refractivity contribution in [1.82, 2.24) is 0 Å². The van der Waals surface area contributed by atoms with E-state index >= 15 is 0 Å². The first-order valence-electron chi connectivity index (χ1n) is 7.41. The molecule has 3 heteroatoms. The van der Waals surface area contributed by atoms with Gasteiger partial charge in [0.15, 0.2) is 0 Å². The molecule has 1 aliphatic carbocycles. The maximum absolute atomic E-state index is 12.3. The lowest BCUT2D eigenvalue weighted by Gasteiger charge is -2.40. The minimum atomic E-state index is -1.22. The standard InChI is InChI=1S/C17H28O2Si/c1-16(11-8-7-9-12-16)17(2,15(18)19-3)13-10-14-20(4,5)6/h8,11H,7,9,12,14H2,1-6H3/t16-,17+/m0/s1. The zero-order chi connectivity index (χ0) is 15.4. The molecule has 0 saturated heterocycles. The SMILES string of the molecule is COC(=O)[C@@](C)(C#CC[Si](C)(C)C)[C@@]1(C)C=CCCC1. The number of carbonyl (C=O) groups is 1. The highest BCUT2D eigenvalue weighted by Crippen LogP contribution is 2.47. The Balaban J connectivity index is 3.13. The summed E-state index contributed by atoms with van der Waals surface area (Å²) in [6.07, 6.45) is 7.52. The molecule has 2 atom stereocenters. The predicted molar refractivity (Wildman–Crippen MR) is 87.2 cm³/mol. The van der Waals surface area contributed by atoms with E-state index in [1.807, 2.05) is 6.92 Å². The van der Waals surface area contributed by atoms with Crippen LogP contribution in [0.25, 0.3) is 0 Å². The lowest BCUT2D eigenvalue weighted by Crippen LogP contribution is -2.43. The molecule has 20 heavy (non-hydrogen) atoms. The van der Waals surface area contributed by atoms with Crippen LogP contribution < -0.4 is 0 Å². The first-order chi connectivity index (χ1) is 9.15. The molecule has 1 rings (SSSR count). The molecule has 0 heterocycles. The lowest BCUT2D eigenvalue weighted by molar-refractivity contribution is -0.153. The van der Waals surface area contributed by atoms with Gasteiger partial charge in [0, 0.05) is 11.5 Å². The molecule has 0 aromatic rings. The first-order valence-corrected chi connectivity index (χ1v) is 11.1. The van der Waals surface area contributed by atoms with E-state index < -0.39 is 13.5 Å². The minimum Gasteiger partial charge on any atom is -0.468 e. The van der Waals surface area contributed by atoms with Crippen molar-refractivity contribution in [2.45, 2.75) is 58.8 Å². The summed E-state index contributed by atoms with van der Waals surface area (Å²) in [5, 5.41) is 0. The molecular weight excluding hydrogens is 264 g/mol. The molecule has 0 radical (unpaired) electrons. The third-order valence-electron chi connectivity index (χ3n) is 4.25. The zero-order valence-corrected chi connectivity index (χ0v) is 14.8. The van der Waals surface area contributed by atoms with E-state index in [9.17, 15) is 4.79 Å². The van der Waals surface area contributed by atoms with Crippen LogP contribution >= 0.6 is 0 Å². The number of esters is 1. The number of hydrogen-bond donors (Lipinski definition) is 0. The molecule has 0 aliphatic heterocycles. The molecule has 0 bridgehead atoms. The summed E-state index contributed by atoms with van der Waals surface area (Å²) in [5.74, 6) is 6.34. The molecule has 112 valence electrons. The monoisotopic (exact) mass is 292 g/mol. The highest BCUT2D eigenvalue weighted by molar-refractivity contribution is 6.76. The highest BCUT2D eigenvalue weighted by atomic mass is 28.3. The van der Waals surface area contributed by atoms with E-state index in [1.165, 1.54) is 7.11 Å². The molecule has 0 N–H and O–H groups in total. The van der Waals surface area contributed by atoms with Gasteiger partial charge in [0.2, 0.25) is 0 Å². The Bertz CT molecular complexity index is 450. The summed E-state index contributed by atoms with van der Waals surface area (Å²) in [4.78, 5) is 12.3. The molecule has 1 aliphatic rings. The van der Waals surface area contributed by atoms with Crippen molar-refractivity contribution in [2.75, 3.05) is 7.11 Å².